The van der Waals surface area contributed by atoms with E-state index in [0.29, 0.717) is 18.2 Å². The van der Waals surface area contributed by atoms with Crippen LogP contribution in [0.1, 0.15) is 24.1 Å². The van der Waals surface area contributed by atoms with Crippen molar-refractivity contribution in [2.24, 2.45) is 0 Å². The number of thiazole rings is 1. The maximum Gasteiger partial charge on any atom is 0.323 e. The third kappa shape index (κ3) is 3.57. The van der Waals surface area contributed by atoms with E-state index in [2.05, 4.69) is 15.4 Å². The normalized spacial score (nSPS) is 19.7. The number of amides is 2. The standard InChI is InChI=1S/C16H19N5O2S2/c22-14-8-11-10-24-6-3-13(11)19-21(14)9-12-2-1-5-20(12)16(23)18-15-17-4-7-25-15/h4,7-8,12H,1-3,5-6,9-10H2,(H,17,18,23). The summed E-state index contributed by atoms with van der Waals surface area (Å²) in [5.41, 5.74) is 2.01. The molecule has 2 aliphatic rings. The second-order valence-corrected chi connectivity index (χ2v) is 8.20. The zero-order chi connectivity index (χ0) is 17.2. The van der Waals surface area contributed by atoms with E-state index in [1.54, 1.807) is 17.2 Å². The number of carbonyl (C=O) groups excluding carboxylic acids is 1. The topological polar surface area (TPSA) is 80.1 Å². The molecule has 25 heavy (non-hydrogen) atoms. The van der Waals surface area contributed by atoms with Gasteiger partial charge in [-0.15, -0.1) is 11.3 Å². The van der Waals surface area contributed by atoms with Gasteiger partial charge in [0, 0.05) is 36.4 Å². The van der Waals surface area contributed by atoms with Gasteiger partial charge < -0.3 is 4.90 Å². The number of fused-ring (bicyclic) bond motifs is 1. The number of aryl methyl sites for hydroxylation is 1. The summed E-state index contributed by atoms with van der Waals surface area (Å²) in [7, 11) is 0. The van der Waals surface area contributed by atoms with Crippen LogP contribution in [0.5, 0.6) is 0 Å². The number of hydrogen-bond acceptors (Lipinski definition) is 6. The van der Waals surface area contributed by atoms with Gasteiger partial charge in [-0.05, 0) is 24.2 Å². The molecule has 1 atom stereocenters. The van der Waals surface area contributed by atoms with Crippen molar-refractivity contribution in [2.45, 2.75) is 37.6 Å². The van der Waals surface area contributed by atoms with E-state index >= 15 is 0 Å². The van der Waals surface area contributed by atoms with E-state index in [1.807, 2.05) is 17.1 Å². The average molecular weight is 377 g/mol. The molecule has 0 aromatic carbocycles. The first-order valence-corrected chi connectivity index (χ1v) is 10.4. The van der Waals surface area contributed by atoms with Crippen molar-refractivity contribution < 1.29 is 4.79 Å². The number of carbonyl (C=O) groups is 1. The monoisotopic (exact) mass is 377 g/mol. The minimum atomic E-state index is -0.153. The van der Waals surface area contributed by atoms with E-state index in [4.69, 9.17) is 0 Å². The number of rotatable bonds is 3. The van der Waals surface area contributed by atoms with Crippen molar-refractivity contribution in [1.82, 2.24) is 19.7 Å². The summed E-state index contributed by atoms with van der Waals surface area (Å²) < 4.78 is 1.54. The third-order valence-electron chi connectivity index (χ3n) is 4.57. The fourth-order valence-corrected chi connectivity index (χ4v) is 4.79. The Labute approximate surface area is 153 Å². The molecule has 4 heterocycles. The number of aromatic nitrogens is 3. The van der Waals surface area contributed by atoms with Gasteiger partial charge in [0.25, 0.3) is 5.56 Å². The molecule has 0 bridgehead atoms. The van der Waals surface area contributed by atoms with Crippen molar-refractivity contribution in [3.63, 3.8) is 0 Å². The summed E-state index contributed by atoms with van der Waals surface area (Å²) in [6.07, 6.45) is 4.38. The van der Waals surface area contributed by atoms with Crippen LogP contribution in [0.4, 0.5) is 9.93 Å². The Hall–Kier alpha value is -1.87. The Morgan fingerprint density at radius 1 is 1.44 bits per heavy atom. The van der Waals surface area contributed by atoms with Gasteiger partial charge in [0.15, 0.2) is 5.13 Å². The van der Waals surface area contributed by atoms with Crippen molar-refractivity contribution in [3.05, 3.63) is 39.3 Å². The zero-order valence-electron chi connectivity index (χ0n) is 13.7. The molecule has 2 aromatic heterocycles. The van der Waals surface area contributed by atoms with E-state index in [-0.39, 0.29) is 17.6 Å². The van der Waals surface area contributed by atoms with Crippen molar-refractivity contribution in [2.75, 3.05) is 17.6 Å². The smallest absolute Gasteiger partial charge is 0.320 e. The number of urea groups is 1. The van der Waals surface area contributed by atoms with Crippen LogP contribution < -0.4 is 10.9 Å². The Bertz CT molecular complexity index is 820. The Morgan fingerprint density at radius 3 is 3.20 bits per heavy atom. The van der Waals surface area contributed by atoms with Crippen LogP contribution in [0.15, 0.2) is 22.4 Å². The zero-order valence-corrected chi connectivity index (χ0v) is 15.3. The lowest BCUT2D eigenvalue weighted by Crippen LogP contribution is -2.43. The van der Waals surface area contributed by atoms with Crippen LogP contribution in [0, 0.1) is 0 Å². The van der Waals surface area contributed by atoms with Crippen LogP contribution in [-0.4, -0.2) is 44.0 Å². The number of nitrogens with zero attached hydrogens (tertiary/aromatic N) is 4. The molecule has 1 N–H and O–H groups in total. The van der Waals surface area contributed by atoms with Gasteiger partial charge in [-0.3, -0.25) is 10.1 Å². The molecule has 1 fully saturated rings. The number of likely N-dealkylation sites (tertiary alicyclic amines) is 1. The number of hydrogen-bond donors (Lipinski definition) is 1. The first-order valence-electron chi connectivity index (χ1n) is 8.35. The average Bonchev–Trinajstić information content (AvgIpc) is 3.27. The number of nitrogens with one attached hydrogen (secondary N) is 1. The predicted molar refractivity (Wildman–Crippen MR) is 99.2 cm³/mol. The van der Waals surface area contributed by atoms with Gasteiger partial charge in [0.05, 0.1) is 18.3 Å². The lowest BCUT2D eigenvalue weighted by molar-refractivity contribution is 0.198. The highest BCUT2D eigenvalue weighted by Gasteiger charge is 2.30. The van der Waals surface area contributed by atoms with Gasteiger partial charge in [0.2, 0.25) is 0 Å². The molecule has 9 heteroatoms. The summed E-state index contributed by atoms with van der Waals surface area (Å²) in [6.45, 7) is 1.14. The quantitative estimate of drug-likeness (QED) is 0.887. The van der Waals surface area contributed by atoms with Crippen molar-refractivity contribution in [3.8, 4) is 0 Å². The highest BCUT2D eigenvalue weighted by molar-refractivity contribution is 7.98. The second kappa shape index (κ2) is 7.17. The molecular formula is C16H19N5O2S2. The summed E-state index contributed by atoms with van der Waals surface area (Å²) in [4.78, 5) is 30.8. The van der Waals surface area contributed by atoms with Gasteiger partial charge in [-0.2, -0.15) is 16.9 Å². The lowest BCUT2D eigenvalue weighted by Gasteiger charge is -2.25. The van der Waals surface area contributed by atoms with Crippen LogP contribution in [0.3, 0.4) is 0 Å². The van der Waals surface area contributed by atoms with Crippen LogP contribution >= 0.6 is 23.1 Å². The minimum Gasteiger partial charge on any atom is -0.320 e. The maximum atomic E-state index is 12.5. The molecule has 2 amide bonds. The Morgan fingerprint density at radius 2 is 2.36 bits per heavy atom. The maximum absolute atomic E-state index is 12.5. The van der Waals surface area contributed by atoms with E-state index < -0.39 is 0 Å². The molecule has 132 valence electrons. The summed E-state index contributed by atoms with van der Waals surface area (Å²) in [6, 6.07) is 1.55. The van der Waals surface area contributed by atoms with E-state index in [1.165, 1.54) is 16.0 Å². The number of anilines is 1. The van der Waals surface area contributed by atoms with Gasteiger partial charge >= 0.3 is 6.03 Å². The van der Waals surface area contributed by atoms with Crippen LogP contribution in [0.2, 0.25) is 0 Å². The van der Waals surface area contributed by atoms with Crippen molar-refractivity contribution >= 4 is 34.3 Å². The molecule has 1 unspecified atom stereocenters. The van der Waals surface area contributed by atoms with Crippen molar-refractivity contribution in [1.29, 1.82) is 0 Å². The number of thioether (sulfide) groups is 1. The summed E-state index contributed by atoms with van der Waals surface area (Å²) in [5.74, 6) is 1.91. The minimum absolute atomic E-state index is 0.0128. The Balaban J connectivity index is 1.49. The largest absolute Gasteiger partial charge is 0.323 e. The molecule has 0 spiro atoms. The molecule has 0 aliphatic carbocycles. The van der Waals surface area contributed by atoms with Crippen LogP contribution in [0.25, 0.3) is 0 Å². The van der Waals surface area contributed by atoms with E-state index in [9.17, 15) is 9.59 Å². The summed E-state index contributed by atoms with van der Waals surface area (Å²) in [5, 5.41) is 9.82. The van der Waals surface area contributed by atoms with Crippen LogP contribution in [-0.2, 0) is 18.7 Å². The molecule has 0 saturated carbocycles. The molecule has 7 nitrogen and oxygen atoms in total. The molecule has 0 radical (unpaired) electrons. The van der Waals surface area contributed by atoms with Gasteiger partial charge in [-0.25, -0.2) is 14.5 Å². The van der Waals surface area contributed by atoms with Gasteiger partial charge in [0.1, 0.15) is 0 Å². The third-order valence-corrected chi connectivity index (χ3v) is 6.27. The molecule has 4 rings (SSSR count). The fraction of sp³-hybridized carbons (Fsp3) is 0.500. The highest BCUT2D eigenvalue weighted by Crippen LogP contribution is 2.23. The second-order valence-electron chi connectivity index (χ2n) is 6.20. The molecule has 1 saturated heterocycles. The Kier molecular flexibility index (Phi) is 4.76. The predicted octanol–water partition coefficient (Wildman–Crippen LogP) is 2.19. The van der Waals surface area contributed by atoms with Gasteiger partial charge in [-0.1, -0.05) is 0 Å². The molecular weight excluding hydrogens is 358 g/mol. The first-order chi connectivity index (χ1) is 12.2. The molecule has 2 aromatic rings. The highest BCUT2D eigenvalue weighted by atomic mass is 32.2. The fourth-order valence-electron chi connectivity index (χ4n) is 3.32. The first kappa shape index (κ1) is 16.6. The SMILES string of the molecule is O=C(Nc1nccs1)N1CCCC1Cn1nc2c(cc1=O)CSCC2. The lowest BCUT2D eigenvalue weighted by atomic mass is 10.2. The summed E-state index contributed by atoms with van der Waals surface area (Å²) >= 11 is 3.23. The van der Waals surface area contributed by atoms with E-state index in [0.717, 1.165) is 42.0 Å². The molecule has 2 aliphatic heterocycles.